The summed E-state index contributed by atoms with van der Waals surface area (Å²) in [6.07, 6.45) is -0.253. The summed E-state index contributed by atoms with van der Waals surface area (Å²) >= 11 is 0. The van der Waals surface area contributed by atoms with Crippen molar-refractivity contribution >= 4 is 28.7 Å². The Morgan fingerprint density at radius 1 is 0.923 bits per heavy atom. The van der Waals surface area contributed by atoms with Gasteiger partial charge in [-0.3, -0.25) is 0 Å². The minimum atomic E-state index is -3.67. The monoisotopic (exact) mass is 561 g/mol. The van der Waals surface area contributed by atoms with Crippen LogP contribution in [0.15, 0.2) is 89.8 Å². The van der Waals surface area contributed by atoms with Crippen LogP contribution in [0.25, 0.3) is 0 Å². The largest absolute Gasteiger partial charge is 0.407 e. The van der Waals surface area contributed by atoms with Crippen LogP contribution in [-0.4, -0.2) is 52.9 Å². The van der Waals surface area contributed by atoms with Gasteiger partial charge in [-0.2, -0.15) is 4.31 Å². The van der Waals surface area contributed by atoms with E-state index in [0.717, 1.165) is 5.56 Å². The fourth-order valence-corrected chi connectivity index (χ4v) is 11.4. The zero-order valence-corrected chi connectivity index (χ0v) is 25.4. The summed E-state index contributed by atoms with van der Waals surface area (Å²) < 4.78 is 41.9. The van der Waals surface area contributed by atoms with E-state index in [2.05, 4.69) is 81.1 Å². The van der Waals surface area contributed by atoms with E-state index >= 15 is 0 Å². The zero-order chi connectivity index (χ0) is 28.1. The molecule has 1 saturated heterocycles. The first-order valence-electron chi connectivity index (χ1n) is 13.5. The highest BCUT2D eigenvalue weighted by Gasteiger charge is 2.50. The molecule has 0 aromatic heterocycles. The summed E-state index contributed by atoms with van der Waals surface area (Å²) in [5, 5.41) is 2.29. The number of benzene rings is 3. The van der Waals surface area contributed by atoms with Crippen LogP contribution in [0.1, 0.15) is 39.7 Å². The Morgan fingerprint density at radius 3 is 2.00 bits per heavy atom. The van der Waals surface area contributed by atoms with Gasteiger partial charge < -0.3 is 9.16 Å². The van der Waals surface area contributed by atoms with Crippen LogP contribution in [0.3, 0.4) is 0 Å². The van der Waals surface area contributed by atoms with Crippen molar-refractivity contribution in [3.8, 4) is 11.8 Å². The van der Waals surface area contributed by atoms with Gasteiger partial charge in [-0.1, -0.05) is 105 Å². The number of sulfonamides is 1. The average Bonchev–Trinajstić information content (AvgIpc) is 2.92. The Labute approximate surface area is 235 Å². The van der Waals surface area contributed by atoms with E-state index < -0.39 is 24.4 Å². The van der Waals surface area contributed by atoms with E-state index in [9.17, 15) is 8.42 Å². The van der Waals surface area contributed by atoms with Crippen molar-refractivity contribution in [1.29, 1.82) is 0 Å². The second kappa shape index (κ2) is 12.2. The van der Waals surface area contributed by atoms with Crippen molar-refractivity contribution < 1.29 is 17.6 Å². The lowest BCUT2D eigenvalue weighted by atomic mass is 10.2. The van der Waals surface area contributed by atoms with Gasteiger partial charge >= 0.3 is 0 Å². The van der Waals surface area contributed by atoms with Crippen molar-refractivity contribution in [3.63, 3.8) is 0 Å². The number of morpholine rings is 1. The Hall–Kier alpha value is -2.73. The standard InChI is InChI=1S/C32H39NO4SSi/c1-6-13-27-24-33(38(34,35)29-20-18-26(2)19-21-29)25-28(37-27)22-23-36-39(32(3,4)5,30-14-9-7-10-15-30)31-16-11-8-12-17-31/h7-12,14-21,27-28H,22-25H2,1-5H3/t27-,28+/m1/s1. The van der Waals surface area contributed by atoms with Crippen molar-refractivity contribution in [2.24, 2.45) is 0 Å². The minimum absolute atomic E-state index is 0.139. The fraction of sp³-hybridized carbons (Fsp3) is 0.375. The molecule has 206 valence electrons. The van der Waals surface area contributed by atoms with Crippen LogP contribution in [0.2, 0.25) is 5.04 Å². The third-order valence-corrected chi connectivity index (χ3v) is 14.2. The molecule has 0 aliphatic carbocycles. The molecule has 4 rings (SSSR count). The Balaban J connectivity index is 1.59. The molecule has 5 nitrogen and oxygen atoms in total. The van der Waals surface area contributed by atoms with Gasteiger partial charge in [0.1, 0.15) is 6.10 Å². The predicted octanol–water partition coefficient (Wildman–Crippen LogP) is 4.74. The Morgan fingerprint density at radius 2 is 1.49 bits per heavy atom. The molecule has 1 aliphatic rings. The van der Waals surface area contributed by atoms with Gasteiger partial charge in [0.15, 0.2) is 0 Å². The highest BCUT2D eigenvalue weighted by molar-refractivity contribution is 7.89. The predicted molar refractivity (Wildman–Crippen MR) is 160 cm³/mol. The SMILES string of the molecule is CC#C[C@@H]1CN(S(=O)(=O)c2ccc(C)cc2)C[C@H](CCO[Si](c2ccccc2)(c2ccccc2)C(C)(C)C)O1. The number of ether oxygens (including phenoxy) is 1. The molecule has 3 aromatic rings. The van der Waals surface area contributed by atoms with Crippen molar-refractivity contribution in [3.05, 3.63) is 90.5 Å². The van der Waals surface area contributed by atoms with Gasteiger partial charge in [-0.15, -0.1) is 5.92 Å². The number of hydrogen-bond donors (Lipinski definition) is 0. The summed E-state index contributed by atoms with van der Waals surface area (Å²) in [4.78, 5) is 0.292. The number of aryl methyl sites for hydroxylation is 1. The number of nitrogens with zero attached hydrogens (tertiary/aromatic N) is 1. The molecule has 7 heteroatoms. The molecule has 1 fully saturated rings. The van der Waals surface area contributed by atoms with Crippen molar-refractivity contribution in [2.45, 2.75) is 63.2 Å². The fourth-order valence-electron chi connectivity index (χ4n) is 5.37. The van der Waals surface area contributed by atoms with Gasteiger partial charge in [0, 0.05) is 13.2 Å². The molecule has 0 radical (unpaired) electrons. The molecule has 0 unspecified atom stereocenters. The lowest BCUT2D eigenvalue weighted by molar-refractivity contribution is -0.0442. The lowest BCUT2D eigenvalue weighted by Gasteiger charge is -2.43. The summed E-state index contributed by atoms with van der Waals surface area (Å²) in [5.74, 6) is 5.95. The van der Waals surface area contributed by atoms with E-state index in [1.807, 2.05) is 31.2 Å². The second-order valence-corrected chi connectivity index (χ2v) is 17.3. The molecule has 1 aliphatic heterocycles. The van der Waals surface area contributed by atoms with E-state index in [-0.39, 0.29) is 24.2 Å². The first kappa shape index (κ1) is 29.3. The molecule has 39 heavy (non-hydrogen) atoms. The lowest BCUT2D eigenvalue weighted by Crippen LogP contribution is -2.66. The number of hydrogen-bond acceptors (Lipinski definition) is 4. The first-order valence-corrected chi connectivity index (χ1v) is 16.8. The van der Waals surface area contributed by atoms with E-state index in [4.69, 9.17) is 9.16 Å². The highest BCUT2D eigenvalue weighted by Crippen LogP contribution is 2.37. The van der Waals surface area contributed by atoms with E-state index in [0.29, 0.717) is 17.9 Å². The summed E-state index contributed by atoms with van der Waals surface area (Å²) in [6, 6.07) is 28.0. The van der Waals surface area contributed by atoms with Crippen LogP contribution >= 0.6 is 0 Å². The van der Waals surface area contributed by atoms with E-state index in [1.54, 1.807) is 19.1 Å². The molecule has 2 atom stereocenters. The molecule has 0 saturated carbocycles. The maximum Gasteiger partial charge on any atom is 0.261 e. The summed E-state index contributed by atoms with van der Waals surface area (Å²) in [6.45, 7) is 11.4. The highest BCUT2D eigenvalue weighted by atomic mass is 32.2. The maximum atomic E-state index is 13.5. The van der Waals surface area contributed by atoms with Crippen molar-refractivity contribution in [2.75, 3.05) is 19.7 Å². The first-order chi connectivity index (χ1) is 18.6. The Bertz CT molecular complexity index is 1350. The van der Waals surface area contributed by atoms with Crippen LogP contribution in [0.5, 0.6) is 0 Å². The minimum Gasteiger partial charge on any atom is -0.407 e. The molecule has 3 aromatic carbocycles. The molecule has 0 bridgehead atoms. The molecule has 0 spiro atoms. The van der Waals surface area contributed by atoms with Gasteiger partial charge in [-0.25, -0.2) is 8.42 Å². The summed E-state index contributed by atoms with van der Waals surface area (Å²) in [7, 11) is -6.37. The molecule has 0 N–H and O–H groups in total. The quantitative estimate of drug-likeness (QED) is 0.294. The molecule has 0 amide bonds. The van der Waals surface area contributed by atoms with Gasteiger partial charge in [0.2, 0.25) is 10.0 Å². The van der Waals surface area contributed by atoms with Gasteiger partial charge in [-0.05, 0) is 47.8 Å². The van der Waals surface area contributed by atoms with Crippen LogP contribution in [-0.2, 0) is 19.2 Å². The van der Waals surface area contributed by atoms with E-state index in [1.165, 1.54) is 14.7 Å². The van der Waals surface area contributed by atoms with Crippen molar-refractivity contribution in [1.82, 2.24) is 4.31 Å². The third kappa shape index (κ3) is 6.37. The Kier molecular flexibility index (Phi) is 9.15. The molecule has 1 heterocycles. The second-order valence-electron chi connectivity index (χ2n) is 11.1. The normalized spacial score (nSPS) is 18.8. The molecular formula is C32H39NO4SSi. The number of rotatable bonds is 8. The third-order valence-electron chi connectivity index (χ3n) is 7.27. The topological polar surface area (TPSA) is 55.8 Å². The zero-order valence-electron chi connectivity index (χ0n) is 23.6. The van der Waals surface area contributed by atoms with Crippen LogP contribution < -0.4 is 10.4 Å². The van der Waals surface area contributed by atoms with Crippen LogP contribution in [0, 0.1) is 18.8 Å². The smallest absolute Gasteiger partial charge is 0.261 e. The average molecular weight is 562 g/mol. The van der Waals surface area contributed by atoms with Gasteiger partial charge in [0.25, 0.3) is 8.32 Å². The van der Waals surface area contributed by atoms with Gasteiger partial charge in [0.05, 0.1) is 17.5 Å². The molecular weight excluding hydrogens is 523 g/mol. The van der Waals surface area contributed by atoms with Crippen LogP contribution in [0.4, 0.5) is 0 Å². The maximum absolute atomic E-state index is 13.5. The summed E-state index contributed by atoms with van der Waals surface area (Å²) in [5.41, 5.74) is 1.02.